The number of nitrogens with one attached hydrogen (secondary N) is 1. The van der Waals surface area contributed by atoms with Crippen LogP contribution in [0.2, 0.25) is 0 Å². The molecule has 0 amide bonds. The smallest absolute Gasteiger partial charge is 0.225 e. The first-order valence-corrected chi connectivity index (χ1v) is 13.8. The van der Waals surface area contributed by atoms with Gasteiger partial charge >= 0.3 is 0 Å². The normalized spacial score (nSPS) is 15.1. The summed E-state index contributed by atoms with van der Waals surface area (Å²) in [5.74, 6) is 1.13. The topological polar surface area (TPSA) is 105 Å². The van der Waals surface area contributed by atoms with Gasteiger partial charge in [0.15, 0.2) is 21.3 Å². The van der Waals surface area contributed by atoms with Crippen LogP contribution in [0.1, 0.15) is 49.8 Å². The molecule has 1 aliphatic heterocycles. The molecule has 1 aliphatic rings. The molecule has 36 heavy (non-hydrogen) atoms. The highest BCUT2D eigenvalue weighted by molar-refractivity contribution is 7.90. The summed E-state index contributed by atoms with van der Waals surface area (Å²) in [7, 11) is -3.64. The summed E-state index contributed by atoms with van der Waals surface area (Å²) in [6.45, 7) is 5.95. The minimum Gasteiger partial charge on any atom is -0.341 e. The molecule has 9 nitrogen and oxygen atoms in total. The van der Waals surface area contributed by atoms with Gasteiger partial charge in [0.1, 0.15) is 10.7 Å². The van der Waals surface area contributed by atoms with Crippen LogP contribution in [-0.2, 0) is 9.84 Å². The van der Waals surface area contributed by atoms with E-state index in [9.17, 15) is 12.8 Å². The number of aromatic nitrogens is 5. The zero-order chi connectivity index (χ0) is 25.4. The maximum atomic E-state index is 14.3. The average molecular weight is 510 g/mol. The quantitative estimate of drug-likeness (QED) is 0.410. The van der Waals surface area contributed by atoms with Gasteiger partial charge in [-0.1, -0.05) is 13.8 Å². The molecule has 188 valence electrons. The van der Waals surface area contributed by atoms with Gasteiger partial charge in [0.2, 0.25) is 5.95 Å². The molecule has 3 aromatic heterocycles. The van der Waals surface area contributed by atoms with Gasteiger partial charge < -0.3 is 10.2 Å². The van der Waals surface area contributed by atoms with E-state index >= 15 is 0 Å². The predicted molar refractivity (Wildman–Crippen MR) is 136 cm³/mol. The number of sulfone groups is 1. The molecule has 0 bridgehead atoms. The fourth-order valence-electron chi connectivity index (χ4n) is 4.51. The highest BCUT2D eigenvalue weighted by atomic mass is 32.2. The maximum Gasteiger partial charge on any atom is 0.225 e. The first-order valence-electron chi connectivity index (χ1n) is 11.9. The number of fused-ring (bicyclic) bond motifs is 1. The van der Waals surface area contributed by atoms with E-state index in [0.29, 0.717) is 29.0 Å². The fraction of sp³-hybridized carbons (Fsp3) is 0.360. The molecule has 1 N–H and O–H groups in total. The Labute approximate surface area is 209 Å². The summed E-state index contributed by atoms with van der Waals surface area (Å²) in [6, 6.07) is 3.91. The fourth-order valence-corrected chi connectivity index (χ4v) is 5.24. The zero-order valence-corrected chi connectivity index (χ0v) is 21.2. The van der Waals surface area contributed by atoms with Gasteiger partial charge in [0.25, 0.3) is 0 Å². The van der Waals surface area contributed by atoms with Gasteiger partial charge in [0.05, 0.1) is 0 Å². The van der Waals surface area contributed by atoms with Crippen molar-refractivity contribution in [2.75, 3.05) is 29.6 Å². The van der Waals surface area contributed by atoms with Gasteiger partial charge in [-0.3, -0.25) is 4.40 Å². The summed E-state index contributed by atoms with van der Waals surface area (Å²) in [5.41, 5.74) is 3.23. The van der Waals surface area contributed by atoms with Crippen molar-refractivity contribution in [3.8, 4) is 0 Å². The lowest BCUT2D eigenvalue weighted by Gasteiger charge is -2.31. The molecule has 0 atom stereocenters. The molecule has 0 saturated carbocycles. The van der Waals surface area contributed by atoms with Crippen LogP contribution in [0.5, 0.6) is 0 Å². The standard InChI is InChI=1S/C25H28FN7O2S/c1-16(2)18-13-29-25(30-14-18)32-9-6-17(7-10-32)21-15-28-24-23(27-8-11-33(21)24)31-19-4-5-22(20(26)12-19)36(3,34)35/h4-5,8,11-17H,6-7,9-10H2,1-3H3,(H,27,31). The van der Waals surface area contributed by atoms with Crippen molar-refractivity contribution >= 4 is 32.9 Å². The number of nitrogens with zero attached hydrogens (tertiary/aromatic N) is 6. The Morgan fingerprint density at radius 3 is 2.42 bits per heavy atom. The van der Waals surface area contributed by atoms with Crippen LogP contribution in [0.3, 0.4) is 0 Å². The molecule has 1 aromatic carbocycles. The lowest BCUT2D eigenvalue weighted by molar-refractivity contribution is 0.488. The van der Waals surface area contributed by atoms with Gasteiger partial charge in [-0.05, 0) is 42.5 Å². The minimum absolute atomic E-state index is 0.313. The molecule has 0 radical (unpaired) electrons. The van der Waals surface area contributed by atoms with Crippen LogP contribution >= 0.6 is 0 Å². The van der Waals surface area contributed by atoms with Gasteiger partial charge in [-0.2, -0.15) is 0 Å². The van der Waals surface area contributed by atoms with E-state index in [1.54, 1.807) is 6.20 Å². The van der Waals surface area contributed by atoms with E-state index in [1.165, 1.54) is 12.1 Å². The third-order valence-electron chi connectivity index (χ3n) is 6.57. The molecule has 0 unspecified atom stereocenters. The van der Waals surface area contributed by atoms with E-state index in [1.807, 2.05) is 29.2 Å². The van der Waals surface area contributed by atoms with Crippen molar-refractivity contribution in [2.24, 2.45) is 0 Å². The molecule has 0 aliphatic carbocycles. The van der Waals surface area contributed by atoms with Crippen molar-refractivity contribution < 1.29 is 12.8 Å². The van der Waals surface area contributed by atoms with E-state index in [2.05, 4.69) is 44.0 Å². The summed E-state index contributed by atoms with van der Waals surface area (Å²) in [4.78, 5) is 19.9. The van der Waals surface area contributed by atoms with Crippen molar-refractivity contribution in [2.45, 2.75) is 43.4 Å². The Bertz CT molecular complexity index is 1490. The monoisotopic (exact) mass is 509 g/mol. The Morgan fingerprint density at radius 2 is 1.78 bits per heavy atom. The van der Waals surface area contributed by atoms with Gasteiger partial charge in [-0.15, -0.1) is 0 Å². The van der Waals surface area contributed by atoms with Crippen molar-refractivity contribution in [3.05, 3.63) is 66.3 Å². The molecule has 1 saturated heterocycles. The van der Waals surface area contributed by atoms with E-state index < -0.39 is 15.7 Å². The number of halogens is 1. The molecule has 4 heterocycles. The summed E-state index contributed by atoms with van der Waals surface area (Å²) in [6.07, 6.45) is 12.1. The zero-order valence-electron chi connectivity index (χ0n) is 20.4. The molecular formula is C25H28FN7O2S. The number of imidazole rings is 1. The van der Waals surface area contributed by atoms with Crippen LogP contribution in [0.4, 0.5) is 21.8 Å². The number of hydrogen-bond donors (Lipinski definition) is 1. The highest BCUT2D eigenvalue weighted by Crippen LogP contribution is 2.31. The van der Waals surface area contributed by atoms with Crippen LogP contribution in [-0.4, -0.2) is 52.1 Å². The van der Waals surface area contributed by atoms with Gasteiger partial charge in [-0.25, -0.2) is 32.7 Å². The Balaban J connectivity index is 1.32. The number of anilines is 3. The van der Waals surface area contributed by atoms with Crippen molar-refractivity contribution in [1.29, 1.82) is 0 Å². The SMILES string of the molecule is CC(C)c1cnc(N2CCC(c3cnc4c(Nc5ccc(S(C)(=O)=O)c(F)c5)nccn34)CC2)nc1. The first-order chi connectivity index (χ1) is 17.2. The van der Waals surface area contributed by atoms with Crippen LogP contribution in [0.25, 0.3) is 5.65 Å². The second kappa shape index (κ2) is 9.45. The third-order valence-corrected chi connectivity index (χ3v) is 7.70. The minimum atomic E-state index is -3.64. The summed E-state index contributed by atoms with van der Waals surface area (Å²) < 4.78 is 39.7. The Hall–Kier alpha value is -3.60. The van der Waals surface area contributed by atoms with E-state index in [4.69, 9.17) is 0 Å². The summed E-state index contributed by atoms with van der Waals surface area (Å²) >= 11 is 0. The van der Waals surface area contributed by atoms with Gasteiger partial charge in [0, 0.05) is 67.6 Å². The predicted octanol–water partition coefficient (Wildman–Crippen LogP) is 4.31. The number of piperidine rings is 1. The number of hydrogen-bond acceptors (Lipinski definition) is 8. The summed E-state index contributed by atoms with van der Waals surface area (Å²) in [5, 5.41) is 3.07. The molecule has 5 rings (SSSR count). The van der Waals surface area contributed by atoms with Crippen LogP contribution in [0, 0.1) is 5.82 Å². The van der Waals surface area contributed by atoms with E-state index in [-0.39, 0.29) is 4.90 Å². The molecular weight excluding hydrogens is 481 g/mol. The van der Waals surface area contributed by atoms with Crippen LogP contribution in [0.15, 0.2) is 54.1 Å². The van der Waals surface area contributed by atoms with Crippen molar-refractivity contribution in [3.63, 3.8) is 0 Å². The molecule has 11 heteroatoms. The lowest BCUT2D eigenvalue weighted by atomic mass is 9.94. The van der Waals surface area contributed by atoms with Crippen LogP contribution < -0.4 is 10.2 Å². The lowest BCUT2D eigenvalue weighted by Crippen LogP contribution is -2.34. The Morgan fingerprint density at radius 1 is 1.06 bits per heavy atom. The number of rotatable bonds is 6. The second-order valence-corrected chi connectivity index (χ2v) is 11.4. The first kappa shape index (κ1) is 24.1. The van der Waals surface area contributed by atoms with Crippen molar-refractivity contribution in [1.82, 2.24) is 24.3 Å². The highest BCUT2D eigenvalue weighted by Gasteiger charge is 2.25. The second-order valence-electron chi connectivity index (χ2n) is 9.43. The molecule has 0 spiro atoms. The Kier molecular flexibility index (Phi) is 6.33. The third kappa shape index (κ3) is 4.75. The largest absolute Gasteiger partial charge is 0.341 e. The molecule has 4 aromatic rings. The number of benzene rings is 1. The van der Waals surface area contributed by atoms with E-state index in [0.717, 1.165) is 55.5 Å². The average Bonchev–Trinajstić information content (AvgIpc) is 3.29. The molecule has 1 fully saturated rings. The maximum absolute atomic E-state index is 14.3.